The van der Waals surface area contributed by atoms with Gasteiger partial charge in [0.25, 0.3) is 0 Å². The molecule has 0 radical (unpaired) electrons. The molecule has 290 valence electrons. The van der Waals surface area contributed by atoms with Gasteiger partial charge in [-0.25, -0.2) is 14.4 Å². The predicted octanol–water partition coefficient (Wildman–Crippen LogP) is 10.8. The smallest absolute Gasteiger partial charge is 0.343 e. The number of hydrogen-bond donors (Lipinski definition) is 1. The molecule has 0 fully saturated rings. The molecule has 0 aliphatic heterocycles. The standard InChI is InChI=1S/C52H40O7/c1-2-15-34-28-44-32-42-26-13-24-40(48(42)58-51(55)36-18-8-4-9-19-36)30-38-22-12-23-39(47(38)57-50(54)35-16-6-3-7-17-35)31-41-25-14-27-43(33-45(29-34)46(44)53)49(41)59-52(56)37-20-10-5-11-21-37/h2-29,53H,30-33H2,1H3/b15-2+. The number of carbonyl (C=O) groups is 3. The quantitative estimate of drug-likeness (QED) is 0.127. The zero-order valence-corrected chi connectivity index (χ0v) is 32.4. The van der Waals surface area contributed by atoms with Crippen molar-refractivity contribution in [3.05, 3.63) is 231 Å². The summed E-state index contributed by atoms with van der Waals surface area (Å²) in [6.07, 6.45) is 4.80. The van der Waals surface area contributed by atoms with Gasteiger partial charge in [-0.2, -0.15) is 0 Å². The molecule has 7 heteroatoms. The Bertz CT molecular complexity index is 2550. The first kappa shape index (κ1) is 38.4. The number of carbonyl (C=O) groups excluding carboxylic acids is 3. The van der Waals surface area contributed by atoms with Gasteiger partial charge < -0.3 is 19.3 Å². The zero-order valence-electron chi connectivity index (χ0n) is 32.4. The summed E-state index contributed by atoms with van der Waals surface area (Å²) in [5.41, 5.74) is 7.33. The van der Waals surface area contributed by atoms with Gasteiger partial charge in [-0.05, 0) is 106 Å². The molecule has 59 heavy (non-hydrogen) atoms. The highest BCUT2D eigenvalue weighted by molar-refractivity contribution is 5.93. The molecule has 7 nitrogen and oxygen atoms in total. The summed E-state index contributed by atoms with van der Waals surface area (Å²) >= 11 is 0. The minimum Gasteiger partial charge on any atom is -0.507 e. The van der Waals surface area contributed by atoms with Crippen LogP contribution in [-0.2, 0) is 25.7 Å². The molecule has 8 rings (SSSR count). The van der Waals surface area contributed by atoms with Crippen LogP contribution in [0.5, 0.6) is 23.0 Å². The van der Waals surface area contributed by atoms with E-state index in [1.54, 1.807) is 72.8 Å². The molecular formula is C52H40O7. The van der Waals surface area contributed by atoms with Crippen LogP contribution in [0.3, 0.4) is 0 Å². The number of phenols is 1. The molecule has 0 amide bonds. The molecule has 0 atom stereocenters. The van der Waals surface area contributed by atoms with Gasteiger partial charge in [0.15, 0.2) is 0 Å². The van der Waals surface area contributed by atoms with E-state index >= 15 is 0 Å². The van der Waals surface area contributed by atoms with Crippen LogP contribution in [0, 0.1) is 0 Å². The first-order valence-corrected chi connectivity index (χ1v) is 19.5. The van der Waals surface area contributed by atoms with Crippen molar-refractivity contribution in [3.63, 3.8) is 0 Å². The average molecular weight is 777 g/mol. The summed E-state index contributed by atoms with van der Waals surface area (Å²) < 4.78 is 18.9. The third-order valence-corrected chi connectivity index (χ3v) is 10.3. The normalized spacial score (nSPS) is 12.1. The number of esters is 3. The number of rotatable bonds is 7. The highest BCUT2D eigenvalue weighted by Crippen LogP contribution is 2.39. The molecule has 0 aromatic heterocycles. The van der Waals surface area contributed by atoms with Crippen molar-refractivity contribution in [2.24, 2.45) is 0 Å². The van der Waals surface area contributed by atoms with Gasteiger partial charge in [0.05, 0.1) is 16.7 Å². The van der Waals surface area contributed by atoms with Gasteiger partial charge >= 0.3 is 17.9 Å². The fourth-order valence-electron chi connectivity index (χ4n) is 7.49. The number of hydrogen-bond acceptors (Lipinski definition) is 7. The van der Waals surface area contributed by atoms with Crippen LogP contribution in [0.4, 0.5) is 0 Å². The first-order chi connectivity index (χ1) is 28.8. The van der Waals surface area contributed by atoms with Crippen LogP contribution in [0.25, 0.3) is 6.08 Å². The first-order valence-electron chi connectivity index (χ1n) is 19.5. The maximum Gasteiger partial charge on any atom is 0.343 e. The summed E-state index contributed by atoms with van der Waals surface area (Å²) in [6, 6.07) is 47.3. The molecule has 0 spiro atoms. The molecule has 8 bridgehead atoms. The van der Waals surface area contributed by atoms with Crippen molar-refractivity contribution < 1.29 is 33.7 Å². The van der Waals surface area contributed by atoms with Gasteiger partial charge in [-0.3, -0.25) is 0 Å². The number of ether oxygens (including phenoxy) is 3. The average Bonchev–Trinajstić information content (AvgIpc) is 3.26. The molecule has 1 N–H and O–H groups in total. The molecule has 0 saturated heterocycles. The van der Waals surface area contributed by atoms with Crippen LogP contribution >= 0.6 is 0 Å². The number of para-hydroxylation sites is 3. The minimum atomic E-state index is -0.534. The van der Waals surface area contributed by atoms with Crippen LogP contribution in [-0.4, -0.2) is 23.0 Å². The van der Waals surface area contributed by atoms with Crippen molar-refractivity contribution in [1.29, 1.82) is 0 Å². The molecule has 7 aromatic carbocycles. The van der Waals surface area contributed by atoms with E-state index in [2.05, 4.69) is 0 Å². The summed E-state index contributed by atoms with van der Waals surface area (Å²) in [5, 5.41) is 12.0. The van der Waals surface area contributed by atoms with Gasteiger partial charge in [-0.15, -0.1) is 0 Å². The third-order valence-electron chi connectivity index (χ3n) is 10.3. The lowest BCUT2D eigenvalue weighted by molar-refractivity contribution is 0.0722. The van der Waals surface area contributed by atoms with E-state index in [9.17, 15) is 19.5 Å². The van der Waals surface area contributed by atoms with Crippen molar-refractivity contribution in [3.8, 4) is 23.0 Å². The Balaban J connectivity index is 1.34. The maximum absolute atomic E-state index is 13.8. The summed E-state index contributed by atoms with van der Waals surface area (Å²) in [6.45, 7) is 1.93. The second-order valence-corrected chi connectivity index (χ2v) is 14.4. The minimum absolute atomic E-state index is 0.0853. The van der Waals surface area contributed by atoms with E-state index in [-0.39, 0.29) is 31.4 Å². The molecule has 0 saturated carbocycles. The van der Waals surface area contributed by atoms with Gasteiger partial charge in [0, 0.05) is 25.7 Å². The molecular weight excluding hydrogens is 737 g/mol. The van der Waals surface area contributed by atoms with Crippen LogP contribution < -0.4 is 14.2 Å². The van der Waals surface area contributed by atoms with Crippen molar-refractivity contribution in [2.45, 2.75) is 32.6 Å². The van der Waals surface area contributed by atoms with Gasteiger partial charge in [0.1, 0.15) is 23.0 Å². The second-order valence-electron chi connectivity index (χ2n) is 14.4. The topological polar surface area (TPSA) is 99.1 Å². The molecule has 1 aliphatic rings. The lowest BCUT2D eigenvalue weighted by Gasteiger charge is -2.21. The lowest BCUT2D eigenvalue weighted by Crippen LogP contribution is -2.15. The largest absolute Gasteiger partial charge is 0.507 e. The van der Waals surface area contributed by atoms with Crippen LogP contribution in [0.15, 0.2) is 164 Å². The molecule has 1 aliphatic carbocycles. The molecule has 7 aromatic rings. The Morgan fingerprint density at radius 2 is 0.712 bits per heavy atom. The number of allylic oxidation sites excluding steroid dienone is 1. The highest BCUT2D eigenvalue weighted by atomic mass is 16.5. The van der Waals surface area contributed by atoms with E-state index < -0.39 is 17.9 Å². The van der Waals surface area contributed by atoms with Crippen molar-refractivity contribution >= 4 is 24.0 Å². The van der Waals surface area contributed by atoms with Crippen molar-refractivity contribution in [2.75, 3.05) is 0 Å². The number of benzene rings is 7. The maximum atomic E-state index is 13.8. The summed E-state index contributed by atoms with van der Waals surface area (Å²) in [4.78, 5) is 41.3. The fraction of sp³-hybridized carbons (Fsp3) is 0.0962. The number of aromatic hydroxyl groups is 1. The highest BCUT2D eigenvalue weighted by Gasteiger charge is 2.25. The van der Waals surface area contributed by atoms with E-state index in [0.29, 0.717) is 78.4 Å². The van der Waals surface area contributed by atoms with Gasteiger partial charge in [0.2, 0.25) is 0 Å². The van der Waals surface area contributed by atoms with Crippen LogP contribution in [0.2, 0.25) is 0 Å². The Morgan fingerprint density at radius 3 is 1.00 bits per heavy atom. The summed E-state index contributed by atoms with van der Waals surface area (Å²) in [7, 11) is 0. The fourth-order valence-corrected chi connectivity index (χ4v) is 7.49. The predicted molar refractivity (Wildman–Crippen MR) is 228 cm³/mol. The third kappa shape index (κ3) is 8.60. The van der Waals surface area contributed by atoms with E-state index in [1.165, 1.54) is 0 Å². The Kier molecular flexibility index (Phi) is 11.3. The number of fused-ring (bicyclic) bond motifs is 8. The van der Waals surface area contributed by atoms with Crippen LogP contribution in [0.1, 0.15) is 88.1 Å². The Labute approximate surface area is 342 Å². The SMILES string of the molecule is C/C=C/c1cc2c(O)c(c1)Cc1cccc(c1OC(=O)c1ccccc1)Cc1cccc(c1OC(=O)c1ccccc1)Cc1cccc(c1OC(=O)c1ccccc1)C2. The molecule has 0 unspecified atom stereocenters. The zero-order chi connectivity index (χ0) is 40.7. The van der Waals surface area contributed by atoms with Crippen molar-refractivity contribution in [1.82, 2.24) is 0 Å². The lowest BCUT2D eigenvalue weighted by atomic mass is 9.90. The Hall–Kier alpha value is -7.51. The Morgan fingerprint density at radius 1 is 0.424 bits per heavy atom. The van der Waals surface area contributed by atoms with E-state index in [4.69, 9.17) is 14.2 Å². The monoisotopic (exact) mass is 776 g/mol. The number of phenolic OH excluding ortho intramolecular Hbond substituents is 1. The second kappa shape index (κ2) is 17.3. The van der Waals surface area contributed by atoms with Gasteiger partial charge in [-0.1, -0.05) is 121 Å². The van der Waals surface area contributed by atoms with E-state index in [0.717, 1.165) is 5.56 Å². The van der Waals surface area contributed by atoms with E-state index in [1.807, 2.05) is 104 Å². The molecule has 0 heterocycles. The summed E-state index contributed by atoms with van der Waals surface area (Å²) in [5.74, 6) is -0.433.